The van der Waals surface area contributed by atoms with Gasteiger partial charge in [-0.2, -0.15) is 0 Å². The molecule has 0 aromatic rings. The number of hydrogen-bond donors (Lipinski definition) is 1. The van der Waals surface area contributed by atoms with E-state index in [9.17, 15) is 4.79 Å². The molecule has 0 aromatic heterocycles. The SMILES string of the molecule is O=C1CCC(CO)=C[C@H]2CCC[C@@H]12. The van der Waals surface area contributed by atoms with Crippen molar-refractivity contribution in [2.45, 2.75) is 32.1 Å². The second-order valence-corrected chi connectivity index (χ2v) is 4.15. The summed E-state index contributed by atoms with van der Waals surface area (Å²) in [5, 5.41) is 9.04. The van der Waals surface area contributed by atoms with Crippen molar-refractivity contribution < 1.29 is 9.90 Å². The first-order valence-electron chi connectivity index (χ1n) is 5.14. The maximum Gasteiger partial charge on any atom is 0.136 e. The topological polar surface area (TPSA) is 37.3 Å². The van der Waals surface area contributed by atoms with E-state index >= 15 is 0 Å². The first-order valence-corrected chi connectivity index (χ1v) is 5.14. The lowest BCUT2D eigenvalue weighted by atomic mass is 9.92. The minimum Gasteiger partial charge on any atom is -0.392 e. The minimum atomic E-state index is 0.135. The second-order valence-electron chi connectivity index (χ2n) is 4.15. The molecule has 13 heavy (non-hydrogen) atoms. The van der Waals surface area contributed by atoms with E-state index in [2.05, 4.69) is 6.08 Å². The normalized spacial score (nSPS) is 33.9. The molecule has 0 spiro atoms. The third kappa shape index (κ3) is 1.68. The van der Waals surface area contributed by atoms with Gasteiger partial charge >= 0.3 is 0 Å². The lowest BCUT2D eigenvalue weighted by Gasteiger charge is -2.11. The number of aliphatic hydroxyl groups is 1. The van der Waals surface area contributed by atoms with Gasteiger partial charge in [0.05, 0.1) is 6.61 Å². The third-order valence-corrected chi connectivity index (χ3v) is 3.33. The summed E-state index contributed by atoms with van der Waals surface area (Å²) in [7, 11) is 0. The third-order valence-electron chi connectivity index (χ3n) is 3.33. The molecule has 0 heterocycles. The van der Waals surface area contributed by atoms with E-state index in [1.807, 2.05) is 0 Å². The van der Waals surface area contributed by atoms with E-state index in [-0.39, 0.29) is 12.5 Å². The zero-order valence-electron chi connectivity index (χ0n) is 7.83. The Bertz CT molecular complexity index is 242. The van der Waals surface area contributed by atoms with Gasteiger partial charge in [0.25, 0.3) is 0 Å². The molecule has 1 fully saturated rings. The van der Waals surface area contributed by atoms with Crippen LogP contribution in [-0.2, 0) is 4.79 Å². The molecule has 2 heteroatoms. The molecule has 0 amide bonds. The standard InChI is InChI=1S/C11H16O2/c12-7-8-4-5-11(13)10-3-1-2-9(10)6-8/h6,9-10,12H,1-5,7H2/t9-,10-/m1/s1. The predicted octanol–water partition coefficient (Wildman–Crippen LogP) is 1.68. The number of carbonyl (C=O) groups excluding carboxylic acids is 1. The molecule has 2 nitrogen and oxygen atoms in total. The number of aliphatic hydroxyl groups excluding tert-OH is 1. The van der Waals surface area contributed by atoms with Gasteiger partial charge in [-0.15, -0.1) is 0 Å². The molecule has 0 aromatic carbocycles. The van der Waals surface area contributed by atoms with Crippen LogP contribution in [0.4, 0.5) is 0 Å². The molecule has 0 radical (unpaired) electrons. The summed E-state index contributed by atoms with van der Waals surface area (Å²) in [6.07, 6.45) is 6.97. The van der Waals surface area contributed by atoms with Crippen molar-refractivity contribution in [3.63, 3.8) is 0 Å². The van der Waals surface area contributed by atoms with Gasteiger partial charge in [0, 0.05) is 12.3 Å². The molecule has 1 N–H and O–H groups in total. The molecular weight excluding hydrogens is 164 g/mol. The number of rotatable bonds is 1. The fourth-order valence-electron chi connectivity index (χ4n) is 2.57. The maximum atomic E-state index is 11.6. The van der Waals surface area contributed by atoms with Crippen LogP contribution in [0.15, 0.2) is 11.6 Å². The van der Waals surface area contributed by atoms with Crippen LogP contribution in [0.25, 0.3) is 0 Å². The first kappa shape index (κ1) is 8.95. The zero-order valence-corrected chi connectivity index (χ0v) is 7.83. The molecule has 0 saturated heterocycles. The quantitative estimate of drug-likeness (QED) is 0.623. The van der Waals surface area contributed by atoms with Gasteiger partial charge in [-0.05, 0) is 30.8 Å². The fraction of sp³-hybridized carbons (Fsp3) is 0.727. The largest absolute Gasteiger partial charge is 0.392 e. The highest BCUT2D eigenvalue weighted by molar-refractivity contribution is 5.82. The van der Waals surface area contributed by atoms with Gasteiger partial charge < -0.3 is 5.11 Å². The van der Waals surface area contributed by atoms with Crippen molar-refractivity contribution in [3.8, 4) is 0 Å². The van der Waals surface area contributed by atoms with Gasteiger partial charge in [-0.3, -0.25) is 4.79 Å². The highest BCUT2D eigenvalue weighted by Crippen LogP contribution is 2.37. The maximum absolute atomic E-state index is 11.6. The summed E-state index contributed by atoms with van der Waals surface area (Å²) in [5.41, 5.74) is 1.07. The lowest BCUT2D eigenvalue weighted by Crippen LogP contribution is -2.15. The summed E-state index contributed by atoms with van der Waals surface area (Å²) < 4.78 is 0. The van der Waals surface area contributed by atoms with E-state index in [0.717, 1.165) is 24.8 Å². The number of allylic oxidation sites excluding steroid dienone is 1. The Balaban J connectivity index is 2.19. The summed E-state index contributed by atoms with van der Waals surface area (Å²) in [5.74, 6) is 1.14. The van der Waals surface area contributed by atoms with Crippen molar-refractivity contribution in [2.75, 3.05) is 6.61 Å². The van der Waals surface area contributed by atoms with Crippen molar-refractivity contribution >= 4 is 5.78 Å². The van der Waals surface area contributed by atoms with E-state index in [1.54, 1.807) is 0 Å². The van der Waals surface area contributed by atoms with Crippen LogP contribution in [0, 0.1) is 11.8 Å². The Morgan fingerprint density at radius 1 is 1.38 bits per heavy atom. The molecule has 2 rings (SSSR count). The lowest BCUT2D eigenvalue weighted by molar-refractivity contribution is -0.123. The molecule has 0 unspecified atom stereocenters. The summed E-state index contributed by atoms with van der Waals surface area (Å²) in [4.78, 5) is 11.6. The monoisotopic (exact) mass is 180 g/mol. The average molecular weight is 180 g/mol. The van der Waals surface area contributed by atoms with Crippen LogP contribution in [0.1, 0.15) is 32.1 Å². The first-order chi connectivity index (χ1) is 6.31. The van der Waals surface area contributed by atoms with Gasteiger partial charge in [-0.1, -0.05) is 12.5 Å². The van der Waals surface area contributed by atoms with E-state index in [4.69, 9.17) is 5.11 Å². The van der Waals surface area contributed by atoms with E-state index < -0.39 is 0 Å². The molecule has 0 aliphatic heterocycles. The predicted molar refractivity (Wildman–Crippen MR) is 50.2 cm³/mol. The Morgan fingerprint density at radius 2 is 2.23 bits per heavy atom. The zero-order chi connectivity index (χ0) is 9.26. The minimum absolute atomic E-state index is 0.135. The van der Waals surface area contributed by atoms with Crippen molar-refractivity contribution in [3.05, 3.63) is 11.6 Å². The van der Waals surface area contributed by atoms with Gasteiger partial charge in [0.2, 0.25) is 0 Å². The number of hydrogen-bond acceptors (Lipinski definition) is 2. The van der Waals surface area contributed by atoms with Crippen molar-refractivity contribution in [1.82, 2.24) is 0 Å². The number of Topliss-reactive ketones (excluding diaryl/α,β-unsaturated/α-hetero) is 1. The number of fused-ring (bicyclic) bond motifs is 1. The van der Waals surface area contributed by atoms with Crippen LogP contribution >= 0.6 is 0 Å². The summed E-state index contributed by atoms with van der Waals surface area (Å²) in [6.45, 7) is 0.135. The number of ketones is 1. The Labute approximate surface area is 78.6 Å². The van der Waals surface area contributed by atoms with Gasteiger partial charge in [0.15, 0.2) is 0 Å². The van der Waals surface area contributed by atoms with E-state index in [0.29, 0.717) is 18.1 Å². The second kappa shape index (κ2) is 3.62. The molecule has 72 valence electrons. The summed E-state index contributed by atoms with van der Waals surface area (Å²) in [6, 6.07) is 0. The molecular formula is C11H16O2. The smallest absolute Gasteiger partial charge is 0.136 e. The van der Waals surface area contributed by atoms with Crippen LogP contribution < -0.4 is 0 Å². The fourth-order valence-corrected chi connectivity index (χ4v) is 2.57. The van der Waals surface area contributed by atoms with Gasteiger partial charge in [0.1, 0.15) is 5.78 Å². The molecule has 0 bridgehead atoms. The average Bonchev–Trinajstić information content (AvgIpc) is 2.54. The van der Waals surface area contributed by atoms with Crippen LogP contribution in [0.2, 0.25) is 0 Å². The Hall–Kier alpha value is -0.630. The highest BCUT2D eigenvalue weighted by atomic mass is 16.3. The molecule has 2 aliphatic rings. The van der Waals surface area contributed by atoms with Crippen LogP contribution in [-0.4, -0.2) is 17.5 Å². The van der Waals surface area contributed by atoms with Crippen LogP contribution in [0.5, 0.6) is 0 Å². The Morgan fingerprint density at radius 3 is 3.00 bits per heavy atom. The van der Waals surface area contributed by atoms with Crippen molar-refractivity contribution in [2.24, 2.45) is 11.8 Å². The van der Waals surface area contributed by atoms with Crippen molar-refractivity contribution in [1.29, 1.82) is 0 Å². The molecule has 2 atom stereocenters. The number of carbonyl (C=O) groups is 1. The summed E-state index contributed by atoms with van der Waals surface area (Å²) >= 11 is 0. The highest BCUT2D eigenvalue weighted by Gasteiger charge is 2.32. The van der Waals surface area contributed by atoms with Gasteiger partial charge in [-0.25, -0.2) is 0 Å². The Kier molecular flexibility index (Phi) is 2.49. The van der Waals surface area contributed by atoms with Crippen LogP contribution in [0.3, 0.4) is 0 Å². The van der Waals surface area contributed by atoms with E-state index in [1.165, 1.54) is 6.42 Å². The molecule has 2 aliphatic carbocycles. The molecule has 1 saturated carbocycles.